The zero-order valence-electron chi connectivity index (χ0n) is 19.7. The molecule has 1 saturated heterocycles. The minimum absolute atomic E-state index is 0.191. The molecule has 0 atom stereocenters. The Bertz CT molecular complexity index is 1370. The van der Waals surface area contributed by atoms with Gasteiger partial charge in [0.15, 0.2) is 11.5 Å². The molecule has 4 rings (SSSR count). The number of nitrogens with one attached hydrogen (secondary N) is 1. The number of hydrogen-bond acceptors (Lipinski definition) is 6. The molecule has 10 heteroatoms. The monoisotopic (exact) mass is 600 g/mol. The van der Waals surface area contributed by atoms with Gasteiger partial charge in [-0.05, 0) is 60.2 Å². The summed E-state index contributed by atoms with van der Waals surface area (Å²) < 4.78 is 12.4. The van der Waals surface area contributed by atoms with Gasteiger partial charge in [-0.2, -0.15) is 0 Å². The number of imide groups is 1. The number of para-hydroxylation sites is 1. The summed E-state index contributed by atoms with van der Waals surface area (Å²) in [4.78, 5) is 39.1. The molecule has 0 bridgehead atoms. The van der Waals surface area contributed by atoms with Gasteiger partial charge in [-0.1, -0.05) is 70.0 Å². The Morgan fingerprint density at radius 2 is 1.76 bits per heavy atom. The first-order valence-corrected chi connectivity index (χ1v) is 13.3. The van der Waals surface area contributed by atoms with E-state index in [9.17, 15) is 14.4 Å². The Morgan fingerprint density at radius 1 is 1.05 bits per heavy atom. The number of amides is 3. The van der Waals surface area contributed by atoms with Crippen molar-refractivity contribution in [2.45, 2.75) is 13.5 Å². The van der Waals surface area contributed by atoms with E-state index in [0.29, 0.717) is 45.5 Å². The van der Waals surface area contributed by atoms with Crippen molar-refractivity contribution in [3.63, 3.8) is 0 Å². The van der Waals surface area contributed by atoms with Crippen LogP contribution in [-0.4, -0.2) is 35.1 Å². The predicted octanol–water partition coefficient (Wildman–Crippen LogP) is 6.76. The Balaban J connectivity index is 1.50. The van der Waals surface area contributed by atoms with Crippen LogP contribution in [0.25, 0.3) is 6.08 Å². The van der Waals surface area contributed by atoms with E-state index in [1.165, 1.54) is 0 Å². The molecule has 3 aromatic carbocycles. The SMILES string of the molecule is CCOc1cc(/C=C2/SC(=O)N(CC(=O)Nc3ccccc3Cl)C2=O)c(Br)cc1OCc1ccccc1. The normalized spacial score (nSPS) is 14.2. The van der Waals surface area contributed by atoms with Crippen LogP contribution in [0.15, 0.2) is 76.1 Å². The predicted molar refractivity (Wildman–Crippen MR) is 149 cm³/mol. The molecular weight excluding hydrogens is 580 g/mol. The van der Waals surface area contributed by atoms with Crippen LogP contribution in [-0.2, 0) is 16.2 Å². The minimum atomic E-state index is -0.557. The summed E-state index contributed by atoms with van der Waals surface area (Å²) in [7, 11) is 0. The standard InChI is InChI=1S/C27H22BrClN2O5S/c1-2-35-22-12-18(19(28)14-23(22)36-16-17-8-4-3-5-9-17)13-24-26(33)31(27(34)37-24)15-25(32)30-21-11-7-6-10-20(21)29/h3-14H,2,15-16H2,1H3,(H,30,32)/b24-13+. The minimum Gasteiger partial charge on any atom is -0.490 e. The Kier molecular flexibility index (Phi) is 8.91. The van der Waals surface area contributed by atoms with Crippen molar-refractivity contribution >= 4 is 68.1 Å². The van der Waals surface area contributed by atoms with Crippen LogP contribution in [0.4, 0.5) is 10.5 Å². The van der Waals surface area contributed by atoms with Gasteiger partial charge in [-0.15, -0.1) is 0 Å². The van der Waals surface area contributed by atoms with E-state index < -0.39 is 23.6 Å². The number of ether oxygens (including phenoxy) is 2. The third-order valence-corrected chi connectivity index (χ3v) is 7.13. The molecular formula is C27H22BrClN2O5S. The summed E-state index contributed by atoms with van der Waals surface area (Å²) in [6.07, 6.45) is 1.59. The fourth-order valence-electron chi connectivity index (χ4n) is 3.45. The van der Waals surface area contributed by atoms with Gasteiger partial charge in [-0.25, -0.2) is 0 Å². The maximum Gasteiger partial charge on any atom is 0.294 e. The number of rotatable bonds is 9. The lowest BCUT2D eigenvalue weighted by molar-refractivity contribution is -0.127. The second kappa shape index (κ2) is 12.3. The average Bonchev–Trinajstić information content (AvgIpc) is 3.14. The molecule has 0 aliphatic carbocycles. The van der Waals surface area contributed by atoms with Gasteiger partial charge in [0.25, 0.3) is 11.1 Å². The first-order valence-electron chi connectivity index (χ1n) is 11.3. The van der Waals surface area contributed by atoms with Gasteiger partial charge < -0.3 is 14.8 Å². The fourth-order valence-corrected chi connectivity index (χ4v) is 4.90. The van der Waals surface area contributed by atoms with Crippen LogP contribution in [0.1, 0.15) is 18.1 Å². The van der Waals surface area contributed by atoms with Crippen LogP contribution in [0, 0.1) is 0 Å². The Labute approximate surface area is 231 Å². The molecule has 0 spiro atoms. The summed E-state index contributed by atoms with van der Waals surface area (Å²) in [6.45, 7) is 2.22. The summed E-state index contributed by atoms with van der Waals surface area (Å²) >= 11 is 10.4. The highest BCUT2D eigenvalue weighted by Gasteiger charge is 2.36. The largest absolute Gasteiger partial charge is 0.490 e. The zero-order valence-corrected chi connectivity index (χ0v) is 22.9. The van der Waals surface area contributed by atoms with Crippen molar-refractivity contribution in [3.05, 3.63) is 92.3 Å². The van der Waals surface area contributed by atoms with E-state index in [1.54, 1.807) is 42.5 Å². The number of carbonyl (C=O) groups is 3. The average molecular weight is 602 g/mol. The number of halogens is 2. The Hall–Kier alpha value is -3.27. The second-order valence-electron chi connectivity index (χ2n) is 7.82. The maximum atomic E-state index is 13.0. The molecule has 0 unspecified atom stereocenters. The second-order valence-corrected chi connectivity index (χ2v) is 10.1. The molecule has 7 nitrogen and oxygen atoms in total. The molecule has 1 fully saturated rings. The summed E-state index contributed by atoms with van der Waals surface area (Å²) in [5, 5.41) is 2.44. The van der Waals surface area contributed by atoms with Gasteiger partial charge in [0.05, 0.1) is 22.2 Å². The molecule has 0 aromatic heterocycles. The number of benzene rings is 3. The third-order valence-electron chi connectivity index (χ3n) is 5.21. The lowest BCUT2D eigenvalue weighted by Crippen LogP contribution is -2.36. The van der Waals surface area contributed by atoms with Gasteiger partial charge in [0, 0.05) is 4.47 Å². The molecule has 37 heavy (non-hydrogen) atoms. The van der Waals surface area contributed by atoms with Gasteiger partial charge in [0.1, 0.15) is 13.2 Å². The maximum absolute atomic E-state index is 13.0. The van der Waals surface area contributed by atoms with Crippen molar-refractivity contribution in [3.8, 4) is 11.5 Å². The molecule has 1 aliphatic heterocycles. The highest BCUT2D eigenvalue weighted by Crippen LogP contribution is 2.38. The van der Waals surface area contributed by atoms with E-state index in [0.717, 1.165) is 22.2 Å². The van der Waals surface area contributed by atoms with E-state index in [2.05, 4.69) is 21.2 Å². The first-order chi connectivity index (χ1) is 17.9. The molecule has 3 aromatic rings. The van der Waals surface area contributed by atoms with Crippen molar-refractivity contribution < 1.29 is 23.9 Å². The zero-order chi connectivity index (χ0) is 26.4. The number of thioether (sulfide) groups is 1. The number of nitrogens with zero attached hydrogens (tertiary/aromatic N) is 1. The lowest BCUT2D eigenvalue weighted by atomic mass is 10.1. The first kappa shape index (κ1) is 26.8. The van der Waals surface area contributed by atoms with E-state index >= 15 is 0 Å². The molecule has 0 saturated carbocycles. The molecule has 3 amide bonds. The number of carbonyl (C=O) groups excluding carboxylic acids is 3. The summed E-state index contributed by atoms with van der Waals surface area (Å²) in [5.41, 5.74) is 2.04. The van der Waals surface area contributed by atoms with Crippen LogP contribution >= 0.6 is 39.3 Å². The van der Waals surface area contributed by atoms with Crippen LogP contribution in [0.2, 0.25) is 5.02 Å². The molecule has 1 N–H and O–H groups in total. The summed E-state index contributed by atoms with van der Waals surface area (Å²) in [6, 6.07) is 20.0. The van der Waals surface area contributed by atoms with Gasteiger partial charge in [-0.3, -0.25) is 19.3 Å². The van der Waals surface area contributed by atoms with Gasteiger partial charge in [0.2, 0.25) is 5.91 Å². The highest BCUT2D eigenvalue weighted by molar-refractivity contribution is 9.10. The fraction of sp³-hybridized carbons (Fsp3) is 0.148. The molecule has 1 heterocycles. The lowest BCUT2D eigenvalue weighted by Gasteiger charge is -2.14. The van der Waals surface area contributed by atoms with Crippen molar-refractivity contribution in [1.29, 1.82) is 0 Å². The molecule has 1 aliphatic rings. The summed E-state index contributed by atoms with van der Waals surface area (Å²) in [5.74, 6) is -0.0414. The highest BCUT2D eigenvalue weighted by atomic mass is 79.9. The van der Waals surface area contributed by atoms with Crippen molar-refractivity contribution in [2.24, 2.45) is 0 Å². The molecule has 0 radical (unpaired) electrons. The third kappa shape index (κ3) is 6.74. The van der Waals surface area contributed by atoms with E-state index in [-0.39, 0.29) is 4.91 Å². The molecule has 190 valence electrons. The topological polar surface area (TPSA) is 84.9 Å². The smallest absolute Gasteiger partial charge is 0.294 e. The van der Waals surface area contributed by atoms with E-state index in [4.69, 9.17) is 21.1 Å². The van der Waals surface area contributed by atoms with Crippen LogP contribution < -0.4 is 14.8 Å². The number of hydrogen-bond donors (Lipinski definition) is 1. The van der Waals surface area contributed by atoms with Crippen molar-refractivity contribution in [2.75, 3.05) is 18.5 Å². The van der Waals surface area contributed by atoms with Crippen LogP contribution in [0.5, 0.6) is 11.5 Å². The number of anilines is 1. The Morgan fingerprint density at radius 3 is 2.49 bits per heavy atom. The quantitative estimate of drug-likeness (QED) is 0.273. The van der Waals surface area contributed by atoms with E-state index in [1.807, 2.05) is 37.3 Å². The van der Waals surface area contributed by atoms with Gasteiger partial charge >= 0.3 is 0 Å². The van der Waals surface area contributed by atoms with Crippen molar-refractivity contribution in [1.82, 2.24) is 4.90 Å². The van der Waals surface area contributed by atoms with Crippen LogP contribution in [0.3, 0.4) is 0 Å².